The molecule has 0 spiro atoms. The molecule has 0 amide bonds. The minimum absolute atomic E-state index is 0.268. The highest BCUT2D eigenvalue weighted by molar-refractivity contribution is 7.09. The van der Waals surface area contributed by atoms with E-state index in [4.69, 9.17) is 10.00 Å². The molecule has 0 saturated carbocycles. The molecule has 0 aliphatic rings. The second kappa shape index (κ2) is 5.14. The van der Waals surface area contributed by atoms with Crippen molar-refractivity contribution in [3.8, 4) is 6.07 Å². The molecule has 1 aromatic rings. The molecular weight excluding hydrogens is 194 g/mol. The lowest BCUT2D eigenvalue weighted by molar-refractivity contribution is 0.104. The SMILES string of the molecule is CC(C)(C#N)CCOCc1cccs1. The van der Waals surface area contributed by atoms with Crippen LogP contribution in [-0.2, 0) is 11.3 Å². The number of hydrogen-bond acceptors (Lipinski definition) is 3. The first-order valence-electron chi connectivity index (χ1n) is 4.65. The fourth-order valence-corrected chi connectivity index (χ4v) is 1.59. The summed E-state index contributed by atoms with van der Waals surface area (Å²) in [5, 5.41) is 10.8. The van der Waals surface area contributed by atoms with Gasteiger partial charge in [0.2, 0.25) is 0 Å². The van der Waals surface area contributed by atoms with Gasteiger partial charge in [0.25, 0.3) is 0 Å². The van der Waals surface area contributed by atoms with Crippen LogP contribution < -0.4 is 0 Å². The third kappa shape index (κ3) is 3.91. The average molecular weight is 209 g/mol. The first-order chi connectivity index (χ1) is 6.64. The van der Waals surface area contributed by atoms with E-state index in [9.17, 15) is 0 Å². The van der Waals surface area contributed by atoms with Gasteiger partial charge in [0.15, 0.2) is 0 Å². The van der Waals surface area contributed by atoms with Crippen LogP contribution in [0.3, 0.4) is 0 Å². The van der Waals surface area contributed by atoms with E-state index in [0.717, 1.165) is 6.42 Å². The number of rotatable bonds is 5. The summed E-state index contributed by atoms with van der Waals surface area (Å²) in [6.45, 7) is 5.18. The van der Waals surface area contributed by atoms with Crippen molar-refractivity contribution in [1.82, 2.24) is 0 Å². The van der Waals surface area contributed by atoms with E-state index < -0.39 is 0 Å². The van der Waals surface area contributed by atoms with E-state index in [1.807, 2.05) is 25.3 Å². The smallest absolute Gasteiger partial charge is 0.0809 e. The molecule has 76 valence electrons. The molecule has 0 N–H and O–H groups in total. The molecule has 1 rings (SSSR count). The second-order valence-corrected chi connectivity index (χ2v) is 4.91. The Labute approximate surface area is 89.1 Å². The second-order valence-electron chi connectivity index (χ2n) is 3.88. The average Bonchev–Trinajstić information content (AvgIpc) is 2.65. The van der Waals surface area contributed by atoms with Gasteiger partial charge in [-0.2, -0.15) is 5.26 Å². The highest BCUT2D eigenvalue weighted by Gasteiger charge is 2.15. The lowest BCUT2D eigenvalue weighted by atomic mass is 9.92. The highest BCUT2D eigenvalue weighted by atomic mass is 32.1. The van der Waals surface area contributed by atoms with Crippen LogP contribution in [0.15, 0.2) is 17.5 Å². The Hall–Kier alpha value is -0.850. The molecule has 1 heterocycles. The third-order valence-corrected chi connectivity index (χ3v) is 2.85. The van der Waals surface area contributed by atoms with Gasteiger partial charge in [0, 0.05) is 11.5 Å². The molecule has 0 aromatic carbocycles. The summed E-state index contributed by atoms with van der Waals surface area (Å²) in [6, 6.07) is 6.33. The van der Waals surface area contributed by atoms with Gasteiger partial charge < -0.3 is 4.74 Å². The summed E-state index contributed by atoms with van der Waals surface area (Å²) >= 11 is 1.70. The van der Waals surface area contributed by atoms with Crippen LogP contribution in [0.2, 0.25) is 0 Å². The quantitative estimate of drug-likeness (QED) is 0.698. The fraction of sp³-hybridized carbons (Fsp3) is 0.545. The lowest BCUT2D eigenvalue weighted by Gasteiger charge is -2.14. The van der Waals surface area contributed by atoms with Crippen LogP contribution >= 0.6 is 11.3 Å². The molecule has 0 fully saturated rings. The summed E-state index contributed by atoms with van der Waals surface area (Å²) in [7, 11) is 0. The topological polar surface area (TPSA) is 33.0 Å². The molecule has 1 aromatic heterocycles. The molecule has 0 radical (unpaired) electrons. The van der Waals surface area contributed by atoms with E-state index >= 15 is 0 Å². The van der Waals surface area contributed by atoms with Gasteiger partial charge in [0.1, 0.15) is 0 Å². The number of nitrogens with zero attached hydrogens (tertiary/aromatic N) is 1. The Morgan fingerprint density at radius 1 is 1.57 bits per heavy atom. The van der Waals surface area contributed by atoms with Crippen LogP contribution in [-0.4, -0.2) is 6.61 Å². The number of nitriles is 1. The number of ether oxygens (including phenoxy) is 1. The van der Waals surface area contributed by atoms with Crippen molar-refractivity contribution >= 4 is 11.3 Å². The maximum absolute atomic E-state index is 8.77. The van der Waals surface area contributed by atoms with E-state index in [2.05, 4.69) is 12.1 Å². The zero-order valence-corrected chi connectivity index (χ0v) is 9.43. The van der Waals surface area contributed by atoms with Crippen molar-refractivity contribution < 1.29 is 4.74 Å². The predicted octanol–water partition coefficient (Wildman–Crippen LogP) is 3.20. The maximum Gasteiger partial charge on any atom is 0.0809 e. The summed E-state index contributed by atoms with van der Waals surface area (Å²) in [5.74, 6) is 0. The van der Waals surface area contributed by atoms with Crippen molar-refractivity contribution in [2.45, 2.75) is 26.9 Å². The zero-order chi connectivity index (χ0) is 10.4. The van der Waals surface area contributed by atoms with Crippen molar-refractivity contribution in [3.63, 3.8) is 0 Å². The summed E-state index contributed by atoms with van der Waals surface area (Å²) in [4.78, 5) is 1.24. The summed E-state index contributed by atoms with van der Waals surface area (Å²) in [5.41, 5.74) is -0.268. The van der Waals surface area contributed by atoms with Crippen LogP contribution in [0.4, 0.5) is 0 Å². The van der Waals surface area contributed by atoms with Gasteiger partial charge in [-0.05, 0) is 31.7 Å². The molecular formula is C11H15NOS. The molecule has 0 saturated heterocycles. The molecule has 0 aliphatic carbocycles. The molecule has 0 unspecified atom stereocenters. The Kier molecular flexibility index (Phi) is 4.12. The van der Waals surface area contributed by atoms with Gasteiger partial charge in [-0.3, -0.25) is 0 Å². The van der Waals surface area contributed by atoms with Gasteiger partial charge in [-0.25, -0.2) is 0 Å². The Balaban J connectivity index is 2.15. The van der Waals surface area contributed by atoms with Crippen LogP contribution in [0, 0.1) is 16.7 Å². The van der Waals surface area contributed by atoms with Crippen molar-refractivity contribution in [2.75, 3.05) is 6.61 Å². The Morgan fingerprint density at radius 3 is 2.93 bits per heavy atom. The van der Waals surface area contributed by atoms with Gasteiger partial charge in [-0.15, -0.1) is 11.3 Å². The maximum atomic E-state index is 8.77. The van der Waals surface area contributed by atoms with Crippen molar-refractivity contribution in [3.05, 3.63) is 22.4 Å². The molecule has 0 aliphatic heterocycles. The summed E-state index contributed by atoms with van der Waals surface area (Å²) < 4.78 is 5.48. The van der Waals surface area contributed by atoms with Crippen molar-refractivity contribution in [2.24, 2.45) is 5.41 Å². The van der Waals surface area contributed by atoms with E-state index in [0.29, 0.717) is 13.2 Å². The van der Waals surface area contributed by atoms with E-state index in [1.165, 1.54) is 4.88 Å². The minimum atomic E-state index is -0.268. The van der Waals surface area contributed by atoms with E-state index in [1.54, 1.807) is 11.3 Å². The van der Waals surface area contributed by atoms with E-state index in [-0.39, 0.29) is 5.41 Å². The minimum Gasteiger partial charge on any atom is -0.376 e. The first-order valence-corrected chi connectivity index (χ1v) is 5.53. The van der Waals surface area contributed by atoms with Crippen LogP contribution in [0.25, 0.3) is 0 Å². The monoisotopic (exact) mass is 209 g/mol. The van der Waals surface area contributed by atoms with Crippen molar-refractivity contribution in [1.29, 1.82) is 5.26 Å². The van der Waals surface area contributed by atoms with Gasteiger partial charge >= 0.3 is 0 Å². The van der Waals surface area contributed by atoms with Gasteiger partial charge in [-0.1, -0.05) is 6.07 Å². The zero-order valence-electron chi connectivity index (χ0n) is 8.62. The fourth-order valence-electron chi connectivity index (χ4n) is 0.951. The molecule has 0 bridgehead atoms. The number of hydrogen-bond donors (Lipinski definition) is 0. The summed E-state index contributed by atoms with van der Waals surface area (Å²) in [6.07, 6.45) is 0.787. The lowest BCUT2D eigenvalue weighted by Crippen LogP contribution is -2.11. The Bertz CT molecular complexity index is 298. The number of thiophene rings is 1. The molecule has 14 heavy (non-hydrogen) atoms. The van der Waals surface area contributed by atoms with Crippen LogP contribution in [0.1, 0.15) is 25.1 Å². The predicted molar refractivity (Wildman–Crippen MR) is 58.0 cm³/mol. The largest absolute Gasteiger partial charge is 0.376 e. The normalized spacial score (nSPS) is 11.2. The molecule has 0 atom stereocenters. The van der Waals surface area contributed by atoms with Gasteiger partial charge in [0.05, 0.1) is 18.1 Å². The van der Waals surface area contributed by atoms with Crippen LogP contribution in [0.5, 0.6) is 0 Å². The Morgan fingerprint density at radius 2 is 2.36 bits per heavy atom. The standard InChI is InChI=1S/C11H15NOS/c1-11(2,9-12)5-6-13-8-10-4-3-7-14-10/h3-4,7H,5-6,8H2,1-2H3. The highest BCUT2D eigenvalue weighted by Crippen LogP contribution is 2.18. The third-order valence-electron chi connectivity index (χ3n) is 2.00. The molecule has 2 nitrogen and oxygen atoms in total. The first kappa shape index (κ1) is 11.2. The molecule has 3 heteroatoms.